The third-order valence-electron chi connectivity index (χ3n) is 8.12. The number of rotatable bonds is 5. The highest BCUT2D eigenvalue weighted by molar-refractivity contribution is 6.00. The average Bonchev–Trinajstić information content (AvgIpc) is 3.76. The van der Waals surface area contributed by atoms with Crippen LogP contribution < -0.4 is 21.0 Å². The van der Waals surface area contributed by atoms with Crippen LogP contribution in [0.1, 0.15) is 78.5 Å². The molecule has 1 saturated carbocycles. The minimum atomic E-state index is -0.150. The predicted molar refractivity (Wildman–Crippen MR) is 189 cm³/mol. The van der Waals surface area contributed by atoms with E-state index in [4.69, 9.17) is 4.42 Å². The van der Waals surface area contributed by atoms with Crippen LogP contribution in [-0.4, -0.2) is 46.9 Å². The molecular weight excluding hydrogens is 576 g/mol. The first-order chi connectivity index (χ1) is 22.4. The fourth-order valence-corrected chi connectivity index (χ4v) is 5.66. The van der Waals surface area contributed by atoms with Crippen LogP contribution in [0.2, 0.25) is 0 Å². The summed E-state index contributed by atoms with van der Waals surface area (Å²) in [6.45, 7) is 15.2. The number of pyridine rings is 1. The number of nitrogens with zero attached hydrogens (tertiary/aromatic N) is 4. The van der Waals surface area contributed by atoms with E-state index in [2.05, 4.69) is 37.4 Å². The van der Waals surface area contributed by atoms with Gasteiger partial charge in [0.2, 0.25) is 11.4 Å². The molecule has 1 saturated heterocycles. The van der Waals surface area contributed by atoms with Crippen molar-refractivity contribution in [3.05, 3.63) is 75.8 Å². The largest absolute Gasteiger partial charge is 0.439 e. The number of benzene rings is 1. The van der Waals surface area contributed by atoms with E-state index in [1.807, 2.05) is 64.1 Å². The van der Waals surface area contributed by atoms with Crippen LogP contribution in [-0.2, 0) is 11.2 Å². The maximum atomic E-state index is 12.7. The second kappa shape index (κ2) is 16.8. The van der Waals surface area contributed by atoms with Gasteiger partial charge in [0.25, 0.3) is 0 Å². The number of carbonyl (C=O) groups is 1. The van der Waals surface area contributed by atoms with Gasteiger partial charge < -0.3 is 20.0 Å². The molecule has 0 radical (unpaired) electrons. The molecule has 2 N–H and O–H groups in total. The topological polar surface area (TPSA) is 113 Å². The minimum Gasteiger partial charge on any atom is -0.439 e. The van der Waals surface area contributed by atoms with Crippen molar-refractivity contribution in [2.24, 2.45) is 5.92 Å². The van der Waals surface area contributed by atoms with E-state index in [9.17, 15) is 9.59 Å². The second-order valence-electron chi connectivity index (χ2n) is 11.4. The first-order valence-corrected chi connectivity index (χ1v) is 16.8. The number of hydrogen-bond donors (Lipinski definition) is 2. The van der Waals surface area contributed by atoms with E-state index < -0.39 is 0 Å². The van der Waals surface area contributed by atoms with Gasteiger partial charge >= 0.3 is 0 Å². The van der Waals surface area contributed by atoms with Crippen molar-refractivity contribution in [2.45, 2.75) is 73.6 Å². The smallest absolute Gasteiger partial charge is 0.227 e. The number of Topliss-reactive ketones (excluding diaryl/α,β-unsaturated/α-hetero) is 1. The van der Waals surface area contributed by atoms with Crippen molar-refractivity contribution >= 4 is 40.5 Å². The molecule has 3 aliphatic rings. The summed E-state index contributed by atoms with van der Waals surface area (Å²) < 4.78 is 6.11. The van der Waals surface area contributed by atoms with Gasteiger partial charge in [0, 0.05) is 73.4 Å². The molecule has 0 unspecified atom stereocenters. The van der Waals surface area contributed by atoms with Gasteiger partial charge in [0.1, 0.15) is 0 Å². The van der Waals surface area contributed by atoms with Gasteiger partial charge in [0.05, 0.1) is 5.69 Å². The maximum Gasteiger partial charge on any atom is 0.227 e. The number of hydrogen-bond acceptors (Lipinski definition) is 9. The Labute approximate surface area is 272 Å². The summed E-state index contributed by atoms with van der Waals surface area (Å²) in [5.74, 6) is 2.13. The number of allylic oxidation sites excluding steroid dienone is 1. The lowest BCUT2D eigenvalue weighted by Gasteiger charge is -2.27. The Morgan fingerprint density at radius 3 is 2.39 bits per heavy atom. The fourth-order valence-electron chi connectivity index (χ4n) is 5.66. The van der Waals surface area contributed by atoms with E-state index in [0.29, 0.717) is 29.4 Å². The van der Waals surface area contributed by atoms with E-state index >= 15 is 0 Å². The van der Waals surface area contributed by atoms with Crippen LogP contribution in [0.5, 0.6) is 0 Å². The molecule has 4 heterocycles. The number of anilines is 3. The molecule has 1 aliphatic heterocycles. The lowest BCUT2D eigenvalue weighted by atomic mass is 10.1. The van der Waals surface area contributed by atoms with Crippen LogP contribution in [0.25, 0.3) is 28.3 Å². The SMILES string of the molecule is CC.CC.CC(=O)C1=Cc2cnc(Nc3cccc(-c4cnc5c(=O)cc(N6CCNCC6)oc5c4)c3)nc2C1.CC1CCCC1. The van der Waals surface area contributed by atoms with Gasteiger partial charge in [-0.25, -0.2) is 15.0 Å². The Bertz CT molecular complexity index is 1700. The van der Waals surface area contributed by atoms with Gasteiger partial charge in [-0.15, -0.1) is 0 Å². The van der Waals surface area contributed by atoms with Crippen LogP contribution in [0.15, 0.2) is 63.6 Å². The molecule has 9 heteroatoms. The van der Waals surface area contributed by atoms with Gasteiger partial charge in [0.15, 0.2) is 22.8 Å². The van der Waals surface area contributed by atoms with Crippen LogP contribution in [0.4, 0.5) is 17.5 Å². The summed E-state index contributed by atoms with van der Waals surface area (Å²) >= 11 is 0. The molecule has 7 rings (SSSR count). The van der Waals surface area contributed by atoms with Crippen LogP contribution in [0, 0.1) is 5.92 Å². The zero-order chi connectivity index (χ0) is 33.1. The molecule has 4 aromatic rings. The molecular formula is C37H48N6O3. The Morgan fingerprint density at radius 1 is 0.978 bits per heavy atom. The third-order valence-corrected chi connectivity index (χ3v) is 8.12. The molecule has 3 aromatic heterocycles. The highest BCUT2D eigenvalue weighted by Gasteiger charge is 2.19. The summed E-state index contributed by atoms with van der Waals surface area (Å²) in [5.41, 5.74) is 5.63. The highest BCUT2D eigenvalue weighted by Crippen LogP contribution is 2.29. The molecule has 1 aromatic carbocycles. The highest BCUT2D eigenvalue weighted by atomic mass is 16.4. The monoisotopic (exact) mass is 624 g/mol. The van der Waals surface area contributed by atoms with E-state index in [1.54, 1.807) is 19.3 Å². The molecule has 0 spiro atoms. The van der Waals surface area contributed by atoms with Crippen LogP contribution in [0.3, 0.4) is 0 Å². The number of piperazine rings is 1. The average molecular weight is 625 g/mol. The molecule has 0 atom stereocenters. The molecule has 244 valence electrons. The Morgan fingerprint density at radius 2 is 1.72 bits per heavy atom. The van der Waals surface area contributed by atoms with Gasteiger partial charge in [-0.1, -0.05) is 72.4 Å². The van der Waals surface area contributed by atoms with Gasteiger partial charge in [-0.2, -0.15) is 0 Å². The Balaban J connectivity index is 0.000000421. The number of aromatic nitrogens is 3. The summed E-state index contributed by atoms with van der Waals surface area (Å²) in [6, 6.07) is 11.2. The Hall–Kier alpha value is -4.37. The van der Waals surface area contributed by atoms with Gasteiger partial charge in [-0.3, -0.25) is 9.59 Å². The molecule has 0 bridgehead atoms. The maximum absolute atomic E-state index is 12.7. The van der Waals surface area contributed by atoms with Crippen molar-refractivity contribution in [3.63, 3.8) is 0 Å². The fraction of sp³-hybridized carbons (Fsp3) is 0.432. The third kappa shape index (κ3) is 8.66. The first-order valence-electron chi connectivity index (χ1n) is 16.8. The lowest BCUT2D eigenvalue weighted by Crippen LogP contribution is -2.43. The molecule has 9 nitrogen and oxygen atoms in total. The lowest BCUT2D eigenvalue weighted by molar-refractivity contribution is -0.113. The number of fused-ring (bicyclic) bond motifs is 2. The molecule has 0 amide bonds. The first kappa shape index (κ1) is 34.5. The number of nitrogens with one attached hydrogen (secondary N) is 2. The van der Waals surface area contributed by atoms with Crippen molar-refractivity contribution in [1.82, 2.24) is 20.3 Å². The minimum absolute atomic E-state index is 0.0510. The molecule has 46 heavy (non-hydrogen) atoms. The number of carbonyl (C=O) groups excluding carboxylic acids is 1. The summed E-state index contributed by atoms with van der Waals surface area (Å²) in [5, 5.41) is 6.55. The Kier molecular flexibility index (Phi) is 12.6. The zero-order valence-corrected chi connectivity index (χ0v) is 28.2. The van der Waals surface area contributed by atoms with Gasteiger partial charge in [-0.05, 0) is 42.7 Å². The standard InChI is InChI=1S/C27H24N6O3.C6H12.2C2H6/c1-16(34)18-9-20-15-30-27(32-22(20)11-18)31-21-4-2-3-17(10-21)19-12-24-26(29-14-19)23(35)13-25(36-24)33-7-5-28-6-8-33;1-6-4-2-3-5-6;2*1-2/h2-4,9-10,12-15,28H,5-8,11H2,1H3,(H,30,31,32);6H,2-5H2,1H3;2*1-2H3. The summed E-state index contributed by atoms with van der Waals surface area (Å²) in [7, 11) is 0. The molecule has 2 aliphatic carbocycles. The number of ketones is 1. The summed E-state index contributed by atoms with van der Waals surface area (Å²) in [4.78, 5) is 39.8. The van der Waals surface area contributed by atoms with E-state index in [0.717, 1.165) is 65.7 Å². The van der Waals surface area contributed by atoms with Crippen molar-refractivity contribution in [2.75, 3.05) is 36.4 Å². The van der Waals surface area contributed by atoms with Crippen molar-refractivity contribution < 1.29 is 9.21 Å². The summed E-state index contributed by atoms with van der Waals surface area (Å²) in [6.07, 6.45) is 11.7. The molecule has 2 fully saturated rings. The van der Waals surface area contributed by atoms with E-state index in [-0.39, 0.29) is 11.2 Å². The normalized spacial score (nSPS) is 15.3. The second-order valence-corrected chi connectivity index (χ2v) is 11.4. The van der Waals surface area contributed by atoms with Crippen LogP contribution >= 0.6 is 0 Å². The van der Waals surface area contributed by atoms with Crippen molar-refractivity contribution in [1.29, 1.82) is 0 Å². The van der Waals surface area contributed by atoms with Crippen molar-refractivity contribution in [3.8, 4) is 11.1 Å². The quantitative estimate of drug-likeness (QED) is 0.232. The van der Waals surface area contributed by atoms with E-state index in [1.165, 1.54) is 31.7 Å². The predicted octanol–water partition coefficient (Wildman–Crippen LogP) is 7.58. The zero-order valence-electron chi connectivity index (χ0n) is 28.2.